The molecule has 1 aromatic heterocycles. The summed E-state index contributed by atoms with van der Waals surface area (Å²) in [6, 6.07) is 10.2. The Kier molecular flexibility index (Phi) is 3.52. The number of benzene rings is 2. The third-order valence-corrected chi connectivity index (χ3v) is 5.80. The van der Waals surface area contributed by atoms with Gasteiger partial charge in [0.1, 0.15) is 5.58 Å². The monoisotopic (exact) mass is 346 g/mol. The van der Waals surface area contributed by atoms with Gasteiger partial charge in [0.2, 0.25) is 5.91 Å². The number of nitrogen functional groups attached to an aromatic ring is 1. The number of nitrogens with two attached hydrogens (primary N) is 1. The molecule has 0 saturated heterocycles. The number of carbonyl (C=O) groups is 1. The zero-order valence-electron chi connectivity index (χ0n) is 14.8. The van der Waals surface area contributed by atoms with Crippen LogP contribution in [-0.4, -0.2) is 12.5 Å². The van der Waals surface area contributed by atoms with E-state index in [1.165, 1.54) is 17.5 Å². The van der Waals surface area contributed by atoms with Gasteiger partial charge >= 0.3 is 0 Å². The number of carbonyl (C=O) groups excluding carboxylic acids is 1. The van der Waals surface area contributed by atoms with E-state index in [4.69, 9.17) is 10.2 Å². The van der Waals surface area contributed by atoms with Crippen molar-refractivity contribution in [2.75, 3.05) is 17.2 Å². The number of nitrogens with zero attached hydrogens (tertiary/aromatic N) is 1. The topological polar surface area (TPSA) is 59.5 Å². The average molecular weight is 346 g/mol. The molecule has 2 N–H and O–H groups in total. The summed E-state index contributed by atoms with van der Waals surface area (Å²) >= 11 is 0. The molecule has 1 amide bonds. The number of furan rings is 1. The number of anilines is 2. The maximum absolute atomic E-state index is 13.1. The molecular weight excluding hydrogens is 324 g/mol. The summed E-state index contributed by atoms with van der Waals surface area (Å²) < 4.78 is 5.76. The minimum absolute atomic E-state index is 0.111. The molecule has 4 nitrogen and oxygen atoms in total. The number of rotatable bonds is 2. The Balaban J connectivity index is 1.47. The molecule has 2 aromatic carbocycles. The second kappa shape index (κ2) is 5.90. The minimum Gasteiger partial charge on any atom is -0.464 e. The molecule has 1 aliphatic heterocycles. The van der Waals surface area contributed by atoms with E-state index in [1.807, 2.05) is 23.1 Å². The van der Waals surface area contributed by atoms with Crippen LogP contribution in [0.1, 0.15) is 35.1 Å². The van der Waals surface area contributed by atoms with Gasteiger partial charge in [0.05, 0.1) is 12.7 Å². The van der Waals surface area contributed by atoms with Crippen molar-refractivity contribution in [1.29, 1.82) is 0 Å². The Morgan fingerprint density at radius 1 is 1.12 bits per heavy atom. The van der Waals surface area contributed by atoms with Gasteiger partial charge in [-0.15, -0.1) is 0 Å². The second-order valence-electron chi connectivity index (χ2n) is 7.40. The molecule has 5 rings (SSSR count). The molecule has 0 spiro atoms. The van der Waals surface area contributed by atoms with Crippen LogP contribution >= 0.6 is 0 Å². The van der Waals surface area contributed by atoms with Crippen LogP contribution in [0.4, 0.5) is 11.4 Å². The van der Waals surface area contributed by atoms with Crippen LogP contribution in [0, 0.1) is 0 Å². The number of hydrogen-bond acceptors (Lipinski definition) is 3. The molecule has 26 heavy (non-hydrogen) atoms. The predicted octanol–water partition coefficient (Wildman–Crippen LogP) is 4.03. The van der Waals surface area contributed by atoms with Crippen molar-refractivity contribution >= 4 is 28.3 Å². The molecular formula is C22H22N2O2. The van der Waals surface area contributed by atoms with Gasteiger partial charge in [0.25, 0.3) is 0 Å². The van der Waals surface area contributed by atoms with Gasteiger partial charge in [-0.3, -0.25) is 4.79 Å². The zero-order chi connectivity index (χ0) is 17.7. The maximum atomic E-state index is 13.1. The fraction of sp³-hybridized carbons (Fsp3) is 0.318. The fourth-order valence-corrected chi connectivity index (χ4v) is 4.45. The quantitative estimate of drug-likeness (QED) is 0.713. The first-order chi connectivity index (χ1) is 12.7. The molecule has 0 bridgehead atoms. The molecule has 3 aromatic rings. The van der Waals surface area contributed by atoms with Crippen molar-refractivity contribution < 1.29 is 9.21 Å². The van der Waals surface area contributed by atoms with Gasteiger partial charge in [-0.25, -0.2) is 0 Å². The minimum atomic E-state index is 0.111. The average Bonchev–Trinajstić information content (AvgIpc) is 3.26. The van der Waals surface area contributed by atoms with Crippen LogP contribution in [-0.2, 0) is 30.5 Å². The Morgan fingerprint density at radius 2 is 1.96 bits per heavy atom. The van der Waals surface area contributed by atoms with Gasteiger partial charge in [-0.2, -0.15) is 0 Å². The predicted molar refractivity (Wildman–Crippen MR) is 103 cm³/mol. The molecule has 0 atom stereocenters. The summed E-state index contributed by atoms with van der Waals surface area (Å²) in [7, 11) is 0. The van der Waals surface area contributed by atoms with Crippen molar-refractivity contribution in [2.24, 2.45) is 0 Å². The van der Waals surface area contributed by atoms with E-state index >= 15 is 0 Å². The van der Waals surface area contributed by atoms with Crippen LogP contribution in [0.3, 0.4) is 0 Å². The first kappa shape index (κ1) is 15.5. The highest BCUT2D eigenvalue weighted by Crippen LogP contribution is 2.33. The number of fused-ring (bicyclic) bond motifs is 3. The maximum Gasteiger partial charge on any atom is 0.231 e. The Bertz CT molecular complexity index is 1020. The van der Waals surface area contributed by atoms with E-state index < -0.39 is 0 Å². The first-order valence-corrected chi connectivity index (χ1v) is 9.40. The summed E-state index contributed by atoms with van der Waals surface area (Å²) in [4.78, 5) is 15.0. The molecule has 132 valence electrons. The third kappa shape index (κ3) is 2.40. The first-order valence-electron chi connectivity index (χ1n) is 9.40. The van der Waals surface area contributed by atoms with Crippen LogP contribution in [0.2, 0.25) is 0 Å². The van der Waals surface area contributed by atoms with E-state index in [0.717, 1.165) is 65.7 Å². The Morgan fingerprint density at radius 3 is 2.85 bits per heavy atom. The number of amides is 1. The van der Waals surface area contributed by atoms with Crippen molar-refractivity contribution in [1.82, 2.24) is 0 Å². The van der Waals surface area contributed by atoms with Crippen LogP contribution < -0.4 is 10.6 Å². The van der Waals surface area contributed by atoms with Gasteiger partial charge in [-0.05, 0) is 73.1 Å². The summed E-state index contributed by atoms with van der Waals surface area (Å²) in [5.74, 6) is 0.111. The molecule has 0 radical (unpaired) electrons. The van der Waals surface area contributed by atoms with Gasteiger partial charge < -0.3 is 15.1 Å². The van der Waals surface area contributed by atoms with Crippen LogP contribution in [0.5, 0.6) is 0 Å². The molecule has 0 unspecified atom stereocenters. The van der Waals surface area contributed by atoms with Crippen LogP contribution in [0.15, 0.2) is 41.0 Å². The molecule has 2 heterocycles. The lowest BCUT2D eigenvalue weighted by molar-refractivity contribution is -0.118. The summed E-state index contributed by atoms with van der Waals surface area (Å²) in [6.07, 6.45) is 7.47. The van der Waals surface area contributed by atoms with E-state index in [1.54, 1.807) is 6.26 Å². The van der Waals surface area contributed by atoms with Crippen molar-refractivity contribution in [3.8, 4) is 0 Å². The fourth-order valence-electron chi connectivity index (χ4n) is 4.45. The van der Waals surface area contributed by atoms with E-state index in [9.17, 15) is 4.79 Å². The lowest BCUT2D eigenvalue weighted by atomic mass is 9.98. The summed E-state index contributed by atoms with van der Waals surface area (Å²) in [6.45, 7) is 0.750. The summed E-state index contributed by atoms with van der Waals surface area (Å²) in [5.41, 5.74) is 13.6. The highest BCUT2D eigenvalue weighted by atomic mass is 16.3. The van der Waals surface area contributed by atoms with Crippen molar-refractivity contribution in [3.63, 3.8) is 0 Å². The SMILES string of the molecule is Nc1cccc2c1CCCN2C(=O)Cc1coc2cc3c(cc12)CCC3. The molecule has 0 saturated carbocycles. The van der Waals surface area contributed by atoms with E-state index in [0.29, 0.717) is 6.42 Å². The lowest BCUT2D eigenvalue weighted by Crippen LogP contribution is -2.36. The number of hydrogen-bond donors (Lipinski definition) is 1. The normalized spacial score (nSPS) is 15.9. The van der Waals surface area contributed by atoms with E-state index in [-0.39, 0.29) is 5.91 Å². The van der Waals surface area contributed by atoms with Crippen LogP contribution in [0.25, 0.3) is 11.0 Å². The van der Waals surface area contributed by atoms with Gasteiger partial charge in [-0.1, -0.05) is 6.07 Å². The van der Waals surface area contributed by atoms with E-state index in [2.05, 4.69) is 12.1 Å². The standard InChI is InChI=1S/C22H22N2O2/c23-19-7-2-8-20-17(19)6-3-9-24(20)22(25)12-16-13-26-21-11-15-5-1-4-14(15)10-18(16)21/h2,7-8,10-11,13H,1,3-6,9,12,23H2. The Hall–Kier alpha value is -2.75. The van der Waals surface area contributed by atoms with Crippen molar-refractivity contribution in [3.05, 3.63) is 58.8 Å². The largest absolute Gasteiger partial charge is 0.464 e. The highest BCUT2D eigenvalue weighted by Gasteiger charge is 2.25. The second-order valence-corrected chi connectivity index (χ2v) is 7.40. The molecule has 0 fully saturated rings. The molecule has 1 aliphatic carbocycles. The Labute approximate surface area is 152 Å². The summed E-state index contributed by atoms with van der Waals surface area (Å²) in [5, 5.41) is 1.09. The van der Waals surface area contributed by atoms with Crippen molar-refractivity contribution in [2.45, 2.75) is 38.5 Å². The third-order valence-electron chi connectivity index (χ3n) is 5.80. The smallest absolute Gasteiger partial charge is 0.231 e. The highest BCUT2D eigenvalue weighted by molar-refractivity contribution is 5.99. The molecule has 4 heteroatoms. The zero-order valence-corrected chi connectivity index (χ0v) is 14.8. The lowest BCUT2D eigenvalue weighted by Gasteiger charge is -2.30. The van der Waals surface area contributed by atoms with Gasteiger partial charge in [0.15, 0.2) is 0 Å². The molecule has 2 aliphatic rings. The number of aryl methyl sites for hydroxylation is 2. The van der Waals surface area contributed by atoms with Gasteiger partial charge in [0, 0.05) is 28.9 Å².